The Balaban J connectivity index is 1.87. The minimum atomic E-state index is -0.923. The molecule has 0 spiro atoms. The van der Waals surface area contributed by atoms with Crippen LogP contribution in [0.2, 0.25) is 0 Å². The highest BCUT2D eigenvalue weighted by Gasteiger charge is 2.44. The van der Waals surface area contributed by atoms with E-state index in [4.69, 9.17) is 5.11 Å². The van der Waals surface area contributed by atoms with Crippen molar-refractivity contribution < 1.29 is 19.5 Å². The van der Waals surface area contributed by atoms with Crippen molar-refractivity contribution in [2.45, 2.75) is 26.2 Å². The number of carbonyl (C=O) groups is 3. The van der Waals surface area contributed by atoms with E-state index in [0.29, 0.717) is 18.5 Å². The molecule has 0 atom stereocenters. The van der Waals surface area contributed by atoms with Gasteiger partial charge in [0, 0.05) is 12.2 Å². The van der Waals surface area contributed by atoms with E-state index in [1.807, 2.05) is 19.1 Å². The van der Waals surface area contributed by atoms with E-state index >= 15 is 0 Å². The van der Waals surface area contributed by atoms with Gasteiger partial charge in [-0.05, 0) is 31.9 Å². The summed E-state index contributed by atoms with van der Waals surface area (Å²) in [6.07, 6.45) is 1.89. The minimum Gasteiger partial charge on any atom is -0.481 e. The van der Waals surface area contributed by atoms with Crippen LogP contribution in [0.15, 0.2) is 24.3 Å². The second kappa shape index (κ2) is 5.95. The molecule has 0 unspecified atom stereocenters. The maximum absolute atomic E-state index is 11.7. The fraction of sp³-hybridized carbons (Fsp3) is 0.400. The molecule has 1 aliphatic carbocycles. The number of hydrogen-bond acceptors (Lipinski definition) is 3. The number of benzene rings is 1. The van der Waals surface area contributed by atoms with Crippen molar-refractivity contribution in [3.63, 3.8) is 0 Å². The van der Waals surface area contributed by atoms with E-state index in [1.54, 1.807) is 12.1 Å². The fourth-order valence-electron chi connectivity index (χ4n) is 2.22. The second-order valence-corrected chi connectivity index (χ2v) is 5.44. The molecular weight excluding hydrogens is 272 g/mol. The standard InChI is InChI=1S/C15H18N2O4/c1-10-3-5-11(6-4-10)17-13(19)12(18)16-9-15(14(20)21)7-2-8-15/h3-6H,2,7-9H2,1H3,(H,16,18)(H,17,19)(H,20,21). The number of carboxylic acid groups (broad SMARTS) is 1. The zero-order valence-corrected chi connectivity index (χ0v) is 11.8. The Bertz CT molecular complexity index is 562. The van der Waals surface area contributed by atoms with Gasteiger partial charge in [-0.3, -0.25) is 14.4 Å². The van der Waals surface area contributed by atoms with Gasteiger partial charge in [0.1, 0.15) is 0 Å². The normalized spacial score (nSPS) is 15.7. The lowest BCUT2D eigenvalue weighted by molar-refractivity contribution is -0.154. The summed E-state index contributed by atoms with van der Waals surface area (Å²) >= 11 is 0. The van der Waals surface area contributed by atoms with Crippen LogP contribution in [0.3, 0.4) is 0 Å². The Morgan fingerprint density at radius 2 is 1.76 bits per heavy atom. The van der Waals surface area contributed by atoms with Crippen LogP contribution in [-0.2, 0) is 14.4 Å². The summed E-state index contributed by atoms with van der Waals surface area (Å²) in [7, 11) is 0. The van der Waals surface area contributed by atoms with Crippen LogP contribution in [0.4, 0.5) is 5.69 Å². The average Bonchev–Trinajstić information content (AvgIpc) is 2.39. The number of hydrogen-bond donors (Lipinski definition) is 3. The molecule has 3 N–H and O–H groups in total. The van der Waals surface area contributed by atoms with Crippen LogP contribution in [0, 0.1) is 12.3 Å². The van der Waals surface area contributed by atoms with Gasteiger partial charge in [-0.25, -0.2) is 0 Å². The van der Waals surface area contributed by atoms with Gasteiger partial charge < -0.3 is 15.7 Å². The molecule has 21 heavy (non-hydrogen) atoms. The Kier molecular flexibility index (Phi) is 4.26. The number of aliphatic carboxylic acids is 1. The quantitative estimate of drug-likeness (QED) is 0.728. The molecule has 0 aromatic heterocycles. The first-order chi connectivity index (χ1) is 9.93. The molecule has 0 bridgehead atoms. The number of anilines is 1. The number of aryl methyl sites for hydroxylation is 1. The summed E-state index contributed by atoms with van der Waals surface area (Å²) in [6.45, 7) is 1.91. The summed E-state index contributed by atoms with van der Waals surface area (Å²) in [4.78, 5) is 34.6. The summed E-state index contributed by atoms with van der Waals surface area (Å²) in [5, 5.41) is 14.0. The van der Waals surface area contributed by atoms with Gasteiger partial charge in [0.05, 0.1) is 5.41 Å². The van der Waals surface area contributed by atoms with Gasteiger partial charge in [-0.15, -0.1) is 0 Å². The third-order valence-electron chi connectivity index (χ3n) is 3.87. The first kappa shape index (κ1) is 15.0. The van der Waals surface area contributed by atoms with Crippen molar-refractivity contribution in [2.75, 3.05) is 11.9 Å². The highest BCUT2D eigenvalue weighted by Crippen LogP contribution is 2.40. The first-order valence-electron chi connectivity index (χ1n) is 6.82. The van der Waals surface area contributed by atoms with E-state index in [1.165, 1.54) is 0 Å². The summed E-state index contributed by atoms with van der Waals surface area (Å²) < 4.78 is 0. The van der Waals surface area contributed by atoms with Crippen LogP contribution < -0.4 is 10.6 Å². The summed E-state index contributed by atoms with van der Waals surface area (Å²) in [6, 6.07) is 7.04. The topological polar surface area (TPSA) is 95.5 Å². The maximum atomic E-state index is 11.7. The Labute approximate surface area is 122 Å². The van der Waals surface area contributed by atoms with Crippen LogP contribution in [0.1, 0.15) is 24.8 Å². The van der Waals surface area contributed by atoms with Crippen molar-refractivity contribution in [1.82, 2.24) is 5.32 Å². The van der Waals surface area contributed by atoms with Crippen LogP contribution in [0.5, 0.6) is 0 Å². The van der Waals surface area contributed by atoms with E-state index in [0.717, 1.165) is 12.0 Å². The van der Waals surface area contributed by atoms with Gasteiger partial charge >= 0.3 is 17.8 Å². The molecule has 1 aromatic rings. The van der Waals surface area contributed by atoms with Crippen molar-refractivity contribution in [3.8, 4) is 0 Å². The first-order valence-corrected chi connectivity index (χ1v) is 6.82. The summed E-state index contributed by atoms with van der Waals surface area (Å²) in [5.41, 5.74) is 0.669. The largest absolute Gasteiger partial charge is 0.481 e. The smallest absolute Gasteiger partial charge is 0.313 e. The van der Waals surface area contributed by atoms with Crippen LogP contribution in [-0.4, -0.2) is 29.4 Å². The van der Waals surface area contributed by atoms with E-state index < -0.39 is 23.2 Å². The van der Waals surface area contributed by atoms with Crippen LogP contribution >= 0.6 is 0 Å². The number of carbonyl (C=O) groups excluding carboxylic acids is 2. The van der Waals surface area contributed by atoms with E-state index in [9.17, 15) is 14.4 Å². The van der Waals surface area contributed by atoms with Crippen LogP contribution in [0.25, 0.3) is 0 Å². The molecule has 1 aliphatic rings. The average molecular weight is 290 g/mol. The number of carboxylic acids is 1. The molecule has 1 saturated carbocycles. The Hall–Kier alpha value is -2.37. The van der Waals surface area contributed by atoms with Gasteiger partial charge in [-0.1, -0.05) is 24.1 Å². The van der Waals surface area contributed by atoms with Crippen molar-refractivity contribution in [2.24, 2.45) is 5.41 Å². The molecule has 6 heteroatoms. The lowest BCUT2D eigenvalue weighted by Crippen LogP contribution is -2.49. The maximum Gasteiger partial charge on any atom is 0.313 e. The van der Waals surface area contributed by atoms with E-state index in [-0.39, 0.29) is 6.54 Å². The molecular formula is C15H18N2O4. The van der Waals surface area contributed by atoms with Gasteiger partial charge in [0.25, 0.3) is 0 Å². The predicted octanol–water partition coefficient (Wildman–Crippen LogP) is 1.30. The van der Waals surface area contributed by atoms with Gasteiger partial charge in [0.2, 0.25) is 0 Å². The van der Waals surface area contributed by atoms with Crippen molar-refractivity contribution in [3.05, 3.63) is 29.8 Å². The third-order valence-corrected chi connectivity index (χ3v) is 3.87. The Morgan fingerprint density at radius 3 is 2.24 bits per heavy atom. The van der Waals surface area contributed by atoms with Crippen molar-refractivity contribution in [1.29, 1.82) is 0 Å². The molecule has 0 radical (unpaired) electrons. The van der Waals surface area contributed by atoms with Gasteiger partial charge in [0.15, 0.2) is 0 Å². The monoisotopic (exact) mass is 290 g/mol. The highest BCUT2D eigenvalue weighted by molar-refractivity contribution is 6.39. The molecule has 2 rings (SSSR count). The minimum absolute atomic E-state index is 0.0114. The molecule has 112 valence electrons. The molecule has 1 fully saturated rings. The van der Waals surface area contributed by atoms with E-state index in [2.05, 4.69) is 10.6 Å². The zero-order chi connectivity index (χ0) is 15.5. The predicted molar refractivity (Wildman–Crippen MR) is 76.7 cm³/mol. The lowest BCUT2D eigenvalue weighted by Gasteiger charge is -2.37. The zero-order valence-electron chi connectivity index (χ0n) is 11.8. The number of nitrogens with one attached hydrogen (secondary N) is 2. The molecule has 2 amide bonds. The molecule has 0 saturated heterocycles. The molecule has 0 aliphatic heterocycles. The fourth-order valence-corrected chi connectivity index (χ4v) is 2.22. The lowest BCUT2D eigenvalue weighted by atomic mass is 9.69. The molecule has 0 heterocycles. The Morgan fingerprint density at radius 1 is 1.14 bits per heavy atom. The number of amides is 2. The summed E-state index contributed by atoms with van der Waals surface area (Å²) in [5.74, 6) is -2.53. The highest BCUT2D eigenvalue weighted by atomic mass is 16.4. The SMILES string of the molecule is Cc1ccc(NC(=O)C(=O)NCC2(C(=O)O)CCC2)cc1. The van der Waals surface area contributed by atoms with Gasteiger partial charge in [-0.2, -0.15) is 0 Å². The third kappa shape index (κ3) is 3.39. The molecule has 1 aromatic carbocycles. The molecule has 6 nitrogen and oxygen atoms in total. The second-order valence-electron chi connectivity index (χ2n) is 5.44. The number of rotatable bonds is 4. The van der Waals surface area contributed by atoms with Crippen molar-refractivity contribution >= 4 is 23.5 Å².